The van der Waals surface area contributed by atoms with Crippen LogP contribution < -0.4 is 0 Å². The van der Waals surface area contributed by atoms with Crippen molar-refractivity contribution in [3.63, 3.8) is 0 Å². The maximum Gasteiger partial charge on any atom is 0.0221 e. The topological polar surface area (TPSA) is 12.4 Å². The Balaban J connectivity index is 3.07. The van der Waals surface area contributed by atoms with Crippen molar-refractivity contribution in [3.8, 4) is 0 Å². The van der Waals surface area contributed by atoms with E-state index < -0.39 is 0 Å². The molecule has 0 aliphatic heterocycles. The Kier molecular flexibility index (Phi) is 3.98. The summed E-state index contributed by atoms with van der Waals surface area (Å²) in [5.41, 5.74) is 0. The van der Waals surface area contributed by atoms with Crippen LogP contribution in [0.2, 0.25) is 0 Å². The maximum absolute atomic E-state index is 3.78. The molecule has 0 heterocycles. The molecule has 0 unspecified atom stereocenters. The molecule has 0 bridgehead atoms. The third-order valence-electron chi connectivity index (χ3n) is 0.384. The SMILES string of the molecule is CC=CN=CC. The van der Waals surface area contributed by atoms with Gasteiger partial charge in [-0.25, -0.2) is 0 Å². The maximum atomic E-state index is 3.78. The molecule has 0 spiro atoms. The number of nitrogens with zero attached hydrogens (tertiary/aromatic N) is 1. The van der Waals surface area contributed by atoms with Crippen LogP contribution in [0.4, 0.5) is 0 Å². The summed E-state index contributed by atoms with van der Waals surface area (Å²) in [7, 11) is 0. The quantitative estimate of drug-likeness (QED) is 0.427. The zero-order valence-electron chi connectivity index (χ0n) is 4.18. The van der Waals surface area contributed by atoms with E-state index >= 15 is 0 Å². The molecule has 0 aliphatic rings. The van der Waals surface area contributed by atoms with Crippen LogP contribution in [0, 0.1) is 0 Å². The predicted octanol–water partition coefficient (Wildman–Crippen LogP) is 1.61. The van der Waals surface area contributed by atoms with Gasteiger partial charge in [-0.3, -0.25) is 4.99 Å². The Morgan fingerprint density at radius 1 is 1.33 bits per heavy atom. The third kappa shape index (κ3) is 3.41. The monoisotopic (exact) mass is 83.1 g/mol. The summed E-state index contributed by atoms with van der Waals surface area (Å²) in [5, 5.41) is 0. The molecule has 0 atom stereocenters. The molecule has 0 rings (SSSR count). The van der Waals surface area contributed by atoms with E-state index in [4.69, 9.17) is 0 Å². The van der Waals surface area contributed by atoms with Crippen LogP contribution in [-0.2, 0) is 0 Å². The summed E-state index contributed by atoms with van der Waals surface area (Å²) in [5.74, 6) is 0. The van der Waals surface area contributed by atoms with E-state index in [-0.39, 0.29) is 0 Å². The van der Waals surface area contributed by atoms with E-state index in [1.165, 1.54) is 0 Å². The van der Waals surface area contributed by atoms with Crippen LogP contribution in [-0.4, -0.2) is 6.21 Å². The van der Waals surface area contributed by atoms with Crippen LogP contribution >= 0.6 is 0 Å². The minimum Gasteiger partial charge on any atom is -0.270 e. The van der Waals surface area contributed by atoms with Crippen molar-refractivity contribution >= 4 is 6.21 Å². The minimum absolute atomic E-state index is 1.75. The van der Waals surface area contributed by atoms with Gasteiger partial charge in [0.25, 0.3) is 0 Å². The summed E-state index contributed by atoms with van der Waals surface area (Å²) in [6.07, 6.45) is 5.39. The molecule has 0 radical (unpaired) electrons. The Morgan fingerprint density at radius 3 is 2.17 bits per heavy atom. The second-order valence-electron chi connectivity index (χ2n) is 0.890. The largest absolute Gasteiger partial charge is 0.270 e. The first-order valence-corrected chi connectivity index (χ1v) is 2.00. The summed E-state index contributed by atoms with van der Waals surface area (Å²) in [4.78, 5) is 3.78. The lowest BCUT2D eigenvalue weighted by molar-refractivity contribution is 1.53. The molecule has 1 nitrogen and oxygen atoms in total. The van der Waals surface area contributed by atoms with Gasteiger partial charge in [0.1, 0.15) is 0 Å². The van der Waals surface area contributed by atoms with Gasteiger partial charge in [0, 0.05) is 12.4 Å². The van der Waals surface area contributed by atoms with Crippen LogP contribution in [0.1, 0.15) is 13.8 Å². The normalized spacial score (nSPS) is 11.7. The molecule has 0 N–H and O–H groups in total. The number of rotatable bonds is 1. The lowest BCUT2D eigenvalue weighted by Gasteiger charge is -1.64. The van der Waals surface area contributed by atoms with Crippen molar-refractivity contribution in [2.75, 3.05) is 0 Å². The first-order chi connectivity index (χ1) is 2.91. The van der Waals surface area contributed by atoms with Crippen molar-refractivity contribution in [1.82, 2.24) is 0 Å². The molecular formula is C5H9N. The molecule has 0 fully saturated rings. The molecule has 0 aromatic carbocycles. The zero-order valence-corrected chi connectivity index (χ0v) is 4.18. The highest BCUT2D eigenvalue weighted by Gasteiger charge is 1.48. The van der Waals surface area contributed by atoms with Gasteiger partial charge in [-0.05, 0) is 13.8 Å². The second-order valence-corrected chi connectivity index (χ2v) is 0.890. The number of hydrogen-bond donors (Lipinski definition) is 0. The van der Waals surface area contributed by atoms with E-state index in [0.29, 0.717) is 0 Å². The average molecular weight is 83.1 g/mol. The van der Waals surface area contributed by atoms with Crippen LogP contribution in [0.3, 0.4) is 0 Å². The van der Waals surface area contributed by atoms with E-state index in [0.717, 1.165) is 0 Å². The van der Waals surface area contributed by atoms with Gasteiger partial charge in [-0.15, -0.1) is 0 Å². The first-order valence-electron chi connectivity index (χ1n) is 2.00. The summed E-state index contributed by atoms with van der Waals surface area (Å²) in [6.45, 7) is 3.83. The minimum atomic E-state index is 1.75. The van der Waals surface area contributed by atoms with Gasteiger partial charge >= 0.3 is 0 Å². The molecular weight excluding hydrogens is 74.1 g/mol. The first kappa shape index (κ1) is 5.41. The van der Waals surface area contributed by atoms with Crippen LogP contribution in [0.25, 0.3) is 0 Å². The molecule has 0 aliphatic carbocycles. The smallest absolute Gasteiger partial charge is 0.0221 e. The molecule has 0 saturated carbocycles. The highest BCUT2D eigenvalue weighted by atomic mass is 14.6. The highest BCUT2D eigenvalue weighted by molar-refractivity contribution is 5.54. The van der Waals surface area contributed by atoms with Crippen LogP contribution in [0.15, 0.2) is 17.3 Å². The molecule has 34 valence electrons. The molecule has 6 heavy (non-hydrogen) atoms. The van der Waals surface area contributed by atoms with Crippen molar-refractivity contribution in [2.24, 2.45) is 4.99 Å². The van der Waals surface area contributed by atoms with Gasteiger partial charge in [0.05, 0.1) is 0 Å². The van der Waals surface area contributed by atoms with Gasteiger partial charge < -0.3 is 0 Å². The van der Waals surface area contributed by atoms with Gasteiger partial charge in [-0.2, -0.15) is 0 Å². The lowest BCUT2D eigenvalue weighted by atomic mass is 10.7. The van der Waals surface area contributed by atoms with E-state index in [1.54, 1.807) is 12.4 Å². The van der Waals surface area contributed by atoms with Gasteiger partial charge in [0.2, 0.25) is 0 Å². The Labute approximate surface area is 38.4 Å². The molecule has 0 amide bonds. The third-order valence-corrected chi connectivity index (χ3v) is 0.384. The standard InChI is InChI=1S/C5H9N/c1-3-5-6-4-2/h3-5H,1-2H3. The predicted molar refractivity (Wildman–Crippen MR) is 29.0 cm³/mol. The van der Waals surface area contributed by atoms with E-state index in [1.807, 2.05) is 19.9 Å². The van der Waals surface area contributed by atoms with Crippen molar-refractivity contribution in [2.45, 2.75) is 13.8 Å². The number of aliphatic imine (C=N–C) groups is 1. The Morgan fingerprint density at radius 2 is 2.00 bits per heavy atom. The lowest BCUT2D eigenvalue weighted by Crippen LogP contribution is -1.49. The van der Waals surface area contributed by atoms with E-state index in [2.05, 4.69) is 4.99 Å². The van der Waals surface area contributed by atoms with Gasteiger partial charge in [0.15, 0.2) is 0 Å². The molecule has 0 aromatic rings. The second kappa shape index (κ2) is 4.41. The Bertz CT molecular complexity index is 52.3. The average Bonchev–Trinajstić information content (AvgIpc) is 1.61. The van der Waals surface area contributed by atoms with Gasteiger partial charge in [-0.1, -0.05) is 6.08 Å². The fraction of sp³-hybridized carbons (Fsp3) is 0.400. The van der Waals surface area contributed by atoms with Crippen molar-refractivity contribution in [1.29, 1.82) is 0 Å². The highest BCUT2D eigenvalue weighted by Crippen LogP contribution is 1.67. The van der Waals surface area contributed by atoms with Crippen molar-refractivity contribution in [3.05, 3.63) is 12.3 Å². The summed E-state index contributed by atoms with van der Waals surface area (Å²) in [6, 6.07) is 0. The fourth-order valence-corrected chi connectivity index (χ4v) is 0.172. The molecule has 0 saturated heterocycles. The fourth-order valence-electron chi connectivity index (χ4n) is 0.172. The van der Waals surface area contributed by atoms with E-state index in [9.17, 15) is 0 Å². The molecule has 0 aromatic heterocycles. The number of hydrogen-bond acceptors (Lipinski definition) is 1. The van der Waals surface area contributed by atoms with Crippen LogP contribution in [0.5, 0.6) is 0 Å². The Hall–Kier alpha value is -0.590. The van der Waals surface area contributed by atoms with Crippen molar-refractivity contribution < 1.29 is 0 Å². The number of allylic oxidation sites excluding steroid dienone is 1. The summed E-state index contributed by atoms with van der Waals surface area (Å²) < 4.78 is 0. The zero-order chi connectivity index (χ0) is 4.83. The molecule has 1 heteroatoms. The summed E-state index contributed by atoms with van der Waals surface area (Å²) >= 11 is 0.